The molecule has 0 amide bonds. The van der Waals surface area contributed by atoms with E-state index in [1.807, 2.05) is 6.92 Å². The summed E-state index contributed by atoms with van der Waals surface area (Å²) in [6.07, 6.45) is 3.67. The van der Waals surface area contributed by atoms with Gasteiger partial charge in [-0.3, -0.25) is 0 Å². The molecule has 1 unspecified atom stereocenters. The predicted octanol–water partition coefficient (Wildman–Crippen LogP) is 0.475. The van der Waals surface area contributed by atoms with E-state index in [4.69, 9.17) is 4.74 Å². The minimum Gasteiger partial charge on any atom is -0.377 e. The first-order chi connectivity index (χ1) is 8.14. The molecule has 0 aromatic carbocycles. The van der Waals surface area contributed by atoms with E-state index in [0.717, 1.165) is 39.0 Å². The van der Waals surface area contributed by atoms with E-state index in [-0.39, 0.29) is 11.9 Å². The van der Waals surface area contributed by atoms with Gasteiger partial charge in [0, 0.05) is 13.2 Å². The number of rotatable bonds is 9. The van der Waals surface area contributed by atoms with Gasteiger partial charge in [0.05, 0.1) is 11.9 Å². The SMILES string of the molecule is CCNCCCCS(=O)(=O)NCC1CCCO1. The van der Waals surface area contributed by atoms with Crippen molar-refractivity contribution in [3.63, 3.8) is 0 Å². The topological polar surface area (TPSA) is 67.4 Å². The lowest BCUT2D eigenvalue weighted by atomic mass is 10.2. The number of ether oxygens (including phenoxy) is 1. The Balaban J connectivity index is 2.08. The van der Waals surface area contributed by atoms with Crippen molar-refractivity contribution in [3.8, 4) is 0 Å². The van der Waals surface area contributed by atoms with Gasteiger partial charge in [-0.15, -0.1) is 0 Å². The van der Waals surface area contributed by atoms with E-state index in [9.17, 15) is 8.42 Å². The highest BCUT2D eigenvalue weighted by atomic mass is 32.2. The summed E-state index contributed by atoms with van der Waals surface area (Å²) >= 11 is 0. The largest absolute Gasteiger partial charge is 0.377 e. The quantitative estimate of drug-likeness (QED) is 0.594. The second kappa shape index (κ2) is 8.02. The molecule has 1 saturated heterocycles. The van der Waals surface area contributed by atoms with Crippen molar-refractivity contribution >= 4 is 10.0 Å². The maximum Gasteiger partial charge on any atom is 0.211 e. The maximum atomic E-state index is 11.6. The van der Waals surface area contributed by atoms with Crippen LogP contribution in [0.25, 0.3) is 0 Å². The van der Waals surface area contributed by atoms with Crippen molar-refractivity contribution in [2.45, 2.75) is 38.7 Å². The summed E-state index contributed by atoms with van der Waals surface area (Å²) in [6.45, 7) is 5.05. The summed E-state index contributed by atoms with van der Waals surface area (Å²) in [5.74, 6) is 0.213. The molecule has 1 fully saturated rings. The zero-order chi connectivity index (χ0) is 12.6. The number of nitrogens with one attached hydrogen (secondary N) is 2. The Morgan fingerprint density at radius 1 is 1.35 bits per heavy atom. The third-order valence-corrected chi connectivity index (χ3v) is 4.25. The van der Waals surface area contributed by atoms with E-state index < -0.39 is 10.0 Å². The van der Waals surface area contributed by atoms with Crippen molar-refractivity contribution in [1.82, 2.24) is 10.0 Å². The fraction of sp³-hybridized carbons (Fsp3) is 1.00. The smallest absolute Gasteiger partial charge is 0.211 e. The van der Waals surface area contributed by atoms with Gasteiger partial charge in [-0.05, 0) is 38.8 Å². The van der Waals surface area contributed by atoms with Crippen LogP contribution in [-0.2, 0) is 14.8 Å². The van der Waals surface area contributed by atoms with Crippen molar-refractivity contribution in [1.29, 1.82) is 0 Å². The second-order valence-electron chi connectivity index (χ2n) is 4.36. The Morgan fingerprint density at radius 2 is 2.18 bits per heavy atom. The Hall–Kier alpha value is -0.170. The molecule has 0 bridgehead atoms. The molecule has 6 heteroatoms. The molecule has 1 aliphatic heterocycles. The van der Waals surface area contributed by atoms with Gasteiger partial charge in [0.2, 0.25) is 10.0 Å². The van der Waals surface area contributed by atoms with Crippen molar-refractivity contribution in [2.24, 2.45) is 0 Å². The minimum atomic E-state index is -3.11. The Bertz CT molecular complexity index is 287. The maximum absolute atomic E-state index is 11.6. The number of hydrogen-bond donors (Lipinski definition) is 2. The van der Waals surface area contributed by atoms with Crippen LogP contribution in [0, 0.1) is 0 Å². The van der Waals surface area contributed by atoms with Crippen LogP contribution < -0.4 is 10.0 Å². The second-order valence-corrected chi connectivity index (χ2v) is 6.29. The zero-order valence-electron chi connectivity index (χ0n) is 10.6. The van der Waals surface area contributed by atoms with Gasteiger partial charge in [0.1, 0.15) is 0 Å². The first kappa shape index (κ1) is 14.9. The van der Waals surface area contributed by atoms with E-state index in [1.165, 1.54) is 0 Å². The molecule has 2 N–H and O–H groups in total. The van der Waals surface area contributed by atoms with Gasteiger partial charge in [-0.2, -0.15) is 0 Å². The molecule has 0 aromatic rings. The summed E-state index contributed by atoms with van der Waals surface area (Å²) in [7, 11) is -3.11. The highest BCUT2D eigenvalue weighted by Gasteiger charge is 2.18. The number of sulfonamides is 1. The molecule has 5 nitrogen and oxygen atoms in total. The van der Waals surface area contributed by atoms with Crippen LogP contribution in [0.2, 0.25) is 0 Å². The lowest BCUT2D eigenvalue weighted by Crippen LogP contribution is -2.33. The Kier molecular flexibility index (Phi) is 7.03. The molecule has 0 aliphatic carbocycles. The summed E-state index contributed by atoms with van der Waals surface area (Å²) in [6, 6.07) is 0. The first-order valence-corrected chi connectivity index (χ1v) is 8.09. The first-order valence-electron chi connectivity index (χ1n) is 6.43. The molecule has 1 heterocycles. The average Bonchev–Trinajstić information content (AvgIpc) is 2.79. The van der Waals surface area contributed by atoms with Gasteiger partial charge in [0.15, 0.2) is 0 Å². The summed E-state index contributed by atoms with van der Waals surface area (Å²) in [5, 5.41) is 3.18. The summed E-state index contributed by atoms with van der Waals surface area (Å²) in [4.78, 5) is 0. The summed E-state index contributed by atoms with van der Waals surface area (Å²) < 4.78 is 31.3. The van der Waals surface area contributed by atoms with Crippen LogP contribution in [-0.4, -0.2) is 46.5 Å². The van der Waals surface area contributed by atoms with E-state index >= 15 is 0 Å². The van der Waals surface area contributed by atoms with Crippen LogP contribution in [0.15, 0.2) is 0 Å². The monoisotopic (exact) mass is 264 g/mol. The molecule has 1 atom stereocenters. The predicted molar refractivity (Wildman–Crippen MR) is 68.5 cm³/mol. The standard InChI is InChI=1S/C11H24N2O3S/c1-2-12-7-3-4-9-17(14,15)13-10-11-6-5-8-16-11/h11-13H,2-10H2,1H3. The fourth-order valence-electron chi connectivity index (χ4n) is 1.82. The molecular weight excluding hydrogens is 240 g/mol. The zero-order valence-corrected chi connectivity index (χ0v) is 11.4. The van der Waals surface area contributed by atoms with Crippen LogP contribution in [0.3, 0.4) is 0 Å². The van der Waals surface area contributed by atoms with Crippen molar-refractivity contribution in [2.75, 3.05) is 32.0 Å². The van der Waals surface area contributed by atoms with Crippen molar-refractivity contribution in [3.05, 3.63) is 0 Å². The highest BCUT2D eigenvalue weighted by molar-refractivity contribution is 7.89. The van der Waals surface area contributed by atoms with E-state index in [0.29, 0.717) is 13.0 Å². The number of unbranched alkanes of at least 4 members (excludes halogenated alkanes) is 1. The van der Waals surface area contributed by atoms with Gasteiger partial charge in [-0.25, -0.2) is 13.1 Å². The molecule has 1 aliphatic rings. The van der Waals surface area contributed by atoms with Crippen molar-refractivity contribution < 1.29 is 13.2 Å². The van der Waals surface area contributed by atoms with Gasteiger partial charge in [0.25, 0.3) is 0 Å². The summed E-state index contributed by atoms with van der Waals surface area (Å²) in [5.41, 5.74) is 0. The Labute approximate surface area is 104 Å². The van der Waals surface area contributed by atoms with Gasteiger partial charge < -0.3 is 10.1 Å². The molecule has 1 rings (SSSR count). The molecule has 102 valence electrons. The number of hydrogen-bond acceptors (Lipinski definition) is 4. The molecule has 0 spiro atoms. The average molecular weight is 264 g/mol. The van der Waals surface area contributed by atoms with Crippen LogP contribution in [0.1, 0.15) is 32.6 Å². The molecule has 17 heavy (non-hydrogen) atoms. The van der Waals surface area contributed by atoms with E-state index in [1.54, 1.807) is 0 Å². The fourth-order valence-corrected chi connectivity index (χ4v) is 2.98. The highest BCUT2D eigenvalue weighted by Crippen LogP contribution is 2.10. The lowest BCUT2D eigenvalue weighted by molar-refractivity contribution is 0.114. The lowest BCUT2D eigenvalue weighted by Gasteiger charge is -2.11. The minimum absolute atomic E-state index is 0.0755. The normalized spacial score (nSPS) is 20.9. The van der Waals surface area contributed by atoms with Gasteiger partial charge in [-0.1, -0.05) is 6.92 Å². The third kappa shape index (κ3) is 6.98. The van der Waals surface area contributed by atoms with E-state index in [2.05, 4.69) is 10.0 Å². The molecular formula is C11H24N2O3S. The molecule has 0 saturated carbocycles. The van der Waals surface area contributed by atoms with Crippen LogP contribution in [0.5, 0.6) is 0 Å². The van der Waals surface area contributed by atoms with Crippen LogP contribution >= 0.6 is 0 Å². The van der Waals surface area contributed by atoms with Crippen LogP contribution in [0.4, 0.5) is 0 Å². The van der Waals surface area contributed by atoms with Gasteiger partial charge >= 0.3 is 0 Å². The molecule has 0 aromatic heterocycles. The third-order valence-electron chi connectivity index (χ3n) is 2.82. The Morgan fingerprint density at radius 3 is 2.82 bits per heavy atom. The molecule has 0 radical (unpaired) electrons.